The van der Waals surface area contributed by atoms with Crippen LogP contribution in [0.3, 0.4) is 0 Å². The fourth-order valence-corrected chi connectivity index (χ4v) is 3.66. The van der Waals surface area contributed by atoms with Crippen molar-refractivity contribution in [2.75, 3.05) is 11.9 Å². The van der Waals surface area contributed by atoms with Crippen molar-refractivity contribution in [3.05, 3.63) is 58.6 Å². The number of rotatable bonds is 5. The lowest BCUT2D eigenvalue weighted by atomic mass is 10.3. The van der Waals surface area contributed by atoms with Crippen LogP contribution in [0.15, 0.2) is 51.8 Å². The Balaban J connectivity index is 2.01. The number of amides is 1. The van der Waals surface area contributed by atoms with E-state index in [2.05, 4.69) is 26.0 Å². The van der Waals surface area contributed by atoms with E-state index in [1.807, 2.05) is 0 Å². The van der Waals surface area contributed by atoms with E-state index in [1.54, 1.807) is 18.2 Å². The fraction of sp³-hybridized carbons (Fsp3) is 0.0714. The van der Waals surface area contributed by atoms with Gasteiger partial charge < -0.3 is 5.32 Å². The average Bonchev–Trinajstić information content (AvgIpc) is 2.49. The summed E-state index contributed by atoms with van der Waals surface area (Å²) in [6.45, 7) is -0.553. The fourth-order valence-electron chi connectivity index (χ4n) is 1.68. The molecule has 0 saturated heterocycles. The van der Waals surface area contributed by atoms with Gasteiger partial charge in [-0.2, -0.15) is 0 Å². The van der Waals surface area contributed by atoms with E-state index in [0.717, 1.165) is 12.1 Å². The van der Waals surface area contributed by atoms with Crippen molar-refractivity contribution in [2.45, 2.75) is 4.90 Å². The van der Waals surface area contributed by atoms with Crippen LogP contribution in [0, 0.1) is 11.6 Å². The van der Waals surface area contributed by atoms with Crippen LogP contribution in [0.4, 0.5) is 14.5 Å². The Morgan fingerprint density at radius 1 is 1.09 bits per heavy atom. The molecule has 0 saturated carbocycles. The summed E-state index contributed by atoms with van der Waals surface area (Å²) in [5, 5.41) is 2.26. The third-order valence-corrected chi connectivity index (χ3v) is 5.17. The van der Waals surface area contributed by atoms with Gasteiger partial charge in [0, 0.05) is 16.2 Å². The first-order chi connectivity index (χ1) is 10.8. The van der Waals surface area contributed by atoms with Crippen molar-refractivity contribution < 1.29 is 22.0 Å². The molecule has 0 heterocycles. The minimum Gasteiger partial charge on any atom is -0.325 e. The monoisotopic (exact) mass is 404 g/mol. The van der Waals surface area contributed by atoms with E-state index in [1.165, 1.54) is 12.1 Å². The zero-order valence-electron chi connectivity index (χ0n) is 11.5. The van der Waals surface area contributed by atoms with Gasteiger partial charge in [0.1, 0.15) is 0 Å². The number of halogens is 3. The highest BCUT2D eigenvalue weighted by molar-refractivity contribution is 9.10. The molecular weight excluding hydrogens is 394 g/mol. The molecule has 0 aliphatic rings. The molecule has 0 aliphatic carbocycles. The summed E-state index contributed by atoms with van der Waals surface area (Å²) in [6, 6.07) is 8.94. The molecule has 0 fully saturated rings. The molecule has 0 radical (unpaired) electrons. The predicted octanol–water partition coefficient (Wildman–Crippen LogP) is 2.64. The summed E-state index contributed by atoms with van der Waals surface area (Å²) in [4.78, 5) is 11.7. The maximum atomic E-state index is 13.0. The third kappa shape index (κ3) is 4.57. The number of nitrogens with one attached hydrogen (secondary N) is 2. The zero-order valence-corrected chi connectivity index (χ0v) is 13.9. The van der Waals surface area contributed by atoms with Gasteiger partial charge in [0.05, 0.1) is 11.4 Å². The average molecular weight is 405 g/mol. The number of carbonyl (C=O) groups is 1. The van der Waals surface area contributed by atoms with Crippen LogP contribution < -0.4 is 10.0 Å². The largest absolute Gasteiger partial charge is 0.325 e. The first kappa shape index (κ1) is 17.5. The zero-order chi connectivity index (χ0) is 17.0. The molecule has 0 unspecified atom stereocenters. The maximum absolute atomic E-state index is 13.0. The van der Waals surface area contributed by atoms with Gasteiger partial charge >= 0.3 is 0 Å². The maximum Gasteiger partial charge on any atom is 0.242 e. The molecule has 5 nitrogen and oxygen atoms in total. The van der Waals surface area contributed by atoms with E-state index < -0.39 is 34.1 Å². The van der Waals surface area contributed by atoms with Gasteiger partial charge in [-0.25, -0.2) is 21.9 Å². The number of hydrogen-bond donors (Lipinski definition) is 2. The van der Waals surface area contributed by atoms with E-state index in [0.29, 0.717) is 4.47 Å². The summed E-state index contributed by atoms with van der Waals surface area (Å²) in [7, 11) is -3.88. The highest BCUT2D eigenvalue weighted by Crippen LogP contribution is 2.20. The van der Waals surface area contributed by atoms with Gasteiger partial charge in [0.25, 0.3) is 0 Å². The smallest absolute Gasteiger partial charge is 0.242 e. The Kier molecular flexibility index (Phi) is 5.45. The minimum absolute atomic E-state index is 0.0133. The Hall–Kier alpha value is -1.84. The van der Waals surface area contributed by atoms with Crippen LogP contribution in [-0.4, -0.2) is 20.9 Å². The number of sulfonamides is 1. The van der Waals surface area contributed by atoms with Gasteiger partial charge in [-0.15, -0.1) is 0 Å². The second kappa shape index (κ2) is 7.16. The summed E-state index contributed by atoms with van der Waals surface area (Å²) in [6.07, 6.45) is 0. The van der Waals surface area contributed by atoms with E-state index >= 15 is 0 Å². The lowest BCUT2D eigenvalue weighted by molar-refractivity contribution is -0.115. The molecule has 2 aromatic carbocycles. The topological polar surface area (TPSA) is 75.3 Å². The summed E-state index contributed by atoms with van der Waals surface area (Å²) in [5.74, 6) is -2.87. The van der Waals surface area contributed by atoms with Gasteiger partial charge in [-0.3, -0.25) is 4.79 Å². The lowest BCUT2D eigenvalue weighted by Crippen LogP contribution is -2.33. The Bertz CT molecular complexity index is 844. The summed E-state index contributed by atoms with van der Waals surface area (Å²) < 4.78 is 52.4. The van der Waals surface area contributed by atoms with Crippen molar-refractivity contribution in [1.29, 1.82) is 0 Å². The van der Waals surface area contributed by atoms with Gasteiger partial charge in [-0.1, -0.05) is 12.1 Å². The number of anilines is 1. The van der Waals surface area contributed by atoms with Gasteiger partial charge in [0.2, 0.25) is 15.9 Å². The standard InChI is InChI=1S/C14H11BrF2N2O3S/c15-10-3-1-2-4-13(10)23(21,22)18-8-14(20)19-9-5-6-11(16)12(17)7-9/h1-7,18H,8H2,(H,19,20). The molecule has 1 amide bonds. The van der Waals surface area contributed by atoms with Crippen LogP contribution in [-0.2, 0) is 14.8 Å². The molecule has 0 bridgehead atoms. The number of benzene rings is 2. The molecule has 0 atom stereocenters. The SMILES string of the molecule is O=C(CNS(=O)(=O)c1ccccc1Br)Nc1ccc(F)c(F)c1. The molecule has 2 N–H and O–H groups in total. The highest BCUT2D eigenvalue weighted by atomic mass is 79.9. The second-order valence-corrected chi connectivity index (χ2v) is 7.02. The van der Waals surface area contributed by atoms with E-state index in [-0.39, 0.29) is 10.6 Å². The first-order valence-corrected chi connectivity index (χ1v) is 8.56. The molecule has 0 aromatic heterocycles. The van der Waals surface area contributed by atoms with Crippen LogP contribution in [0.25, 0.3) is 0 Å². The minimum atomic E-state index is -3.88. The van der Waals surface area contributed by atoms with Crippen LogP contribution in [0.2, 0.25) is 0 Å². The number of hydrogen-bond acceptors (Lipinski definition) is 3. The van der Waals surface area contributed by atoms with Gasteiger partial charge in [-0.05, 0) is 40.2 Å². The molecule has 2 aromatic rings. The normalized spacial score (nSPS) is 11.3. The quantitative estimate of drug-likeness (QED) is 0.804. The molecule has 0 spiro atoms. The third-order valence-electron chi connectivity index (χ3n) is 2.75. The lowest BCUT2D eigenvalue weighted by Gasteiger charge is -2.09. The molecule has 2 rings (SSSR count). The van der Waals surface area contributed by atoms with Crippen molar-refractivity contribution in [3.8, 4) is 0 Å². The molecule has 0 aliphatic heterocycles. The van der Waals surface area contributed by atoms with Crippen molar-refractivity contribution in [3.63, 3.8) is 0 Å². The Morgan fingerprint density at radius 3 is 2.43 bits per heavy atom. The van der Waals surface area contributed by atoms with Crippen LogP contribution in [0.1, 0.15) is 0 Å². The van der Waals surface area contributed by atoms with Crippen LogP contribution in [0.5, 0.6) is 0 Å². The van der Waals surface area contributed by atoms with Crippen molar-refractivity contribution >= 4 is 37.5 Å². The summed E-state index contributed by atoms with van der Waals surface area (Å²) >= 11 is 3.11. The second-order valence-electron chi connectivity index (χ2n) is 4.43. The van der Waals surface area contributed by atoms with Crippen molar-refractivity contribution in [1.82, 2.24) is 4.72 Å². The summed E-state index contributed by atoms with van der Waals surface area (Å²) in [5.41, 5.74) is 0.0222. The van der Waals surface area contributed by atoms with E-state index in [4.69, 9.17) is 0 Å². The van der Waals surface area contributed by atoms with Crippen molar-refractivity contribution in [2.24, 2.45) is 0 Å². The molecule has 23 heavy (non-hydrogen) atoms. The Labute approximate surface area is 139 Å². The highest BCUT2D eigenvalue weighted by Gasteiger charge is 2.18. The first-order valence-electron chi connectivity index (χ1n) is 6.29. The Morgan fingerprint density at radius 2 is 1.78 bits per heavy atom. The molecular formula is C14H11BrF2N2O3S. The predicted molar refractivity (Wildman–Crippen MR) is 84.3 cm³/mol. The molecule has 122 valence electrons. The van der Waals surface area contributed by atoms with Crippen LogP contribution >= 0.6 is 15.9 Å². The van der Waals surface area contributed by atoms with Gasteiger partial charge in [0.15, 0.2) is 11.6 Å². The van der Waals surface area contributed by atoms with E-state index in [9.17, 15) is 22.0 Å². The number of carbonyl (C=O) groups excluding carboxylic acids is 1. The molecule has 9 heteroatoms.